The molecule has 0 spiro atoms. The van der Waals surface area contributed by atoms with Crippen LogP contribution < -0.4 is 4.74 Å². The summed E-state index contributed by atoms with van der Waals surface area (Å²) in [5, 5.41) is 0. The van der Waals surface area contributed by atoms with Crippen molar-refractivity contribution >= 4 is 6.09 Å². The molecule has 4 nitrogen and oxygen atoms in total. The number of hydrogen-bond donors (Lipinski definition) is 0. The van der Waals surface area contributed by atoms with E-state index in [0.717, 1.165) is 24.0 Å². The lowest BCUT2D eigenvalue weighted by molar-refractivity contribution is 0.0222. The highest BCUT2D eigenvalue weighted by atomic mass is 19.1. The molecule has 1 amide bonds. The third kappa shape index (κ3) is 4.85. The molecule has 0 aliphatic carbocycles. The van der Waals surface area contributed by atoms with Crippen LogP contribution in [0.25, 0.3) is 0 Å². The van der Waals surface area contributed by atoms with Gasteiger partial charge >= 0.3 is 6.09 Å². The molecule has 2 rings (SSSR count). The fraction of sp³-hybridized carbons (Fsp3) is 0.611. The summed E-state index contributed by atoms with van der Waals surface area (Å²) in [6.07, 6.45) is 2.20. The molecule has 0 fully saturated rings. The fourth-order valence-corrected chi connectivity index (χ4v) is 2.53. The minimum atomic E-state index is -0.527. The highest BCUT2D eigenvalue weighted by molar-refractivity contribution is 5.69. The van der Waals surface area contributed by atoms with Crippen molar-refractivity contribution < 1.29 is 18.7 Å². The third-order valence-electron chi connectivity index (χ3n) is 3.67. The molecule has 1 aromatic rings. The molecular weight excluding hydrogens is 297 g/mol. The Morgan fingerprint density at radius 2 is 2.09 bits per heavy atom. The van der Waals surface area contributed by atoms with Crippen molar-refractivity contribution in [2.45, 2.75) is 59.1 Å². The molecular formula is C18H26FNO3. The summed E-state index contributed by atoms with van der Waals surface area (Å²) in [6.45, 7) is 9.09. The van der Waals surface area contributed by atoms with Crippen molar-refractivity contribution in [3.63, 3.8) is 0 Å². The number of benzene rings is 1. The Labute approximate surface area is 137 Å². The number of amides is 1. The average Bonchev–Trinajstić information content (AvgIpc) is 2.45. The molecule has 5 heteroatoms. The molecule has 0 atom stereocenters. The van der Waals surface area contributed by atoms with Crippen molar-refractivity contribution in [3.8, 4) is 5.75 Å². The first-order valence-electron chi connectivity index (χ1n) is 8.22. The van der Waals surface area contributed by atoms with Gasteiger partial charge < -0.3 is 14.4 Å². The highest BCUT2D eigenvalue weighted by Crippen LogP contribution is 2.30. The van der Waals surface area contributed by atoms with E-state index in [4.69, 9.17) is 9.47 Å². The second kappa shape index (κ2) is 7.20. The molecule has 128 valence electrons. The third-order valence-corrected chi connectivity index (χ3v) is 3.67. The number of fused-ring (bicyclic) bond motifs is 1. The fourth-order valence-electron chi connectivity index (χ4n) is 2.53. The lowest BCUT2D eigenvalue weighted by atomic mass is 9.98. The van der Waals surface area contributed by atoms with E-state index < -0.39 is 5.60 Å². The molecule has 0 radical (unpaired) electrons. The van der Waals surface area contributed by atoms with Crippen LogP contribution in [-0.4, -0.2) is 29.7 Å². The molecule has 0 bridgehead atoms. The summed E-state index contributed by atoms with van der Waals surface area (Å²) in [7, 11) is 0. The summed E-state index contributed by atoms with van der Waals surface area (Å²) < 4.78 is 24.9. The number of carbonyl (C=O) groups is 1. The Bertz CT molecular complexity index is 566. The zero-order valence-electron chi connectivity index (χ0n) is 14.4. The van der Waals surface area contributed by atoms with Crippen molar-refractivity contribution in [1.82, 2.24) is 4.90 Å². The van der Waals surface area contributed by atoms with E-state index in [1.165, 1.54) is 12.1 Å². The zero-order valence-corrected chi connectivity index (χ0v) is 14.4. The summed E-state index contributed by atoms with van der Waals surface area (Å²) in [5.74, 6) is 0.252. The quantitative estimate of drug-likeness (QED) is 0.776. The van der Waals surface area contributed by atoms with Gasteiger partial charge in [0.1, 0.15) is 17.2 Å². The van der Waals surface area contributed by atoms with Crippen LogP contribution in [0.3, 0.4) is 0 Å². The van der Waals surface area contributed by atoms with Crippen LogP contribution in [0.15, 0.2) is 12.1 Å². The topological polar surface area (TPSA) is 38.8 Å². The standard InChI is InChI=1S/C18H26FNO3/c1-5-6-9-22-16-11-14(19)10-13-7-8-20(12-15(13)16)17(21)23-18(2,3)4/h10-11H,5-9,12H2,1-4H3. The number of halogens is 1. The molecule has 1 aliphatic rings. The maximum atomic E-state index is 13.8. The van der Waals surface area contributed by atoms with Gasteiger partial charge in [-0.2, -0.15) is 0 Å². The zero-order chi connectivity index (χ0) is 17.0. The van der Waals surface area contributed by atoms with Gasteiger partial charge in [0, 0.05) is 18.2 Å². The van der Waals surface area contributed by atoms with Crippen LogP contribution in [0.4, 0.5) is 9.18 Å². The minimum absolute atomic E-state index is 0.291. The Morgan fingerprint density at radius 1 is 1.35 bits per heavy atom. The average molecular weight is 323 g/mol. The number of ether oxygens (including phenoxy) is 2. The SMILES string of the molecule is CCCCOc1cc(F)cc2c1CN(C(=O)OC(C)(C)C)CC2. The first-order chi connectivity index (χ1) is 10.8. The maximum Gasteiger partial charge on any atom is 0.410 e. The van der Waals surface area contributed by atoms with Gasteiger partial charge in [0.2, 0.25) is 0 Å². The van der Waals surface area contributed by atoms with Gasteiger partial charge in [0.15, 0.2) is 0 Å². The van der Waals surface area contributed by atoms with E-state index >= 15 is 0 Å². The maximum absolute atomic E-state index is 13.8. The van der Waals surface area contributed by atoms with Crippen molar-refractivity contribution in [2.24, 2.45) is 0 Å². The van der Waals surface area contributed by atoms with Crippen molar-refractivity contribution in [3.05, 3.63) is 29.1 Å². The summed E-state index contributed by atoms with van der Waals surface area (Å²) in [5.41, 5.74) is 1.27. The summed E-state index contributed by atoms with van der Waals surface area (Å²) in [6, 6.07) is 2.95. The number of rotatable bonds is 4. The van der Waals surface area contributed by atoms with E-state index in [9.17, 15) is 9.18 Å². The van der Waals surface area contributed by atoms with E-state index in [1.54, 1.807) is 4.90 Å². The normalized spacial score (nSPS) is 14.4. The van der Waals surface area contributed by atoms with Gasteiger partial charge in [-0.15, -0.1) is 0 Å². The van der Waals surface area contributed by atoms with Gasteiger partial charge in [0.05, 0.1) is 13.2 Å². The Balaban J connectivity index is 2.16. The molecule has 0 N–H and O–H groups in total. The molecule has 1 aromatic carbocycles. The second-order valence-electron chi connectivity index (χ2n) is 6.90. The lowest BCUT2D eigenvalue weighted by Gasteiger charge is -2.32. The van der Waals surface area contributed by atoms with Crippen LogP contribution in [-0.2, 0) is 17.7 Å². The predicted octanol–water partition coefficient (Wildman–Crippen LogP) is 4.30. The number of hydrogen-bond acceptors (Lipinski definition) is 3. The van der Waals surface area contributed by atoms with Crippen LogP contribution in [0, 0.1) is 5.82 Å². The molecule has 23 heavy (non-hydrogen) atoms. The molecule has 1 aliphatic heterocycles. The van der Waals surface area contributed by atoms with Gasteiger partial charge in [-0.1, -0.05) is 13.3 Å². The van der Waals surface area contributed by atoms with Crippen molar-refractivity contribution in [1.29, 1.82) is 0 Å². The van der Waals surface area contributed by atoms with E-state index in [0.29, 0.717) is 31.9 Å². The van der Waals surface area contributed by atoms with E-state index in [-0.39, 0.29) is 11.9 Å². The van der Waals surface area contributed by atoms with Crippen molar-refractivity contribution in [2.75, 3.05) is 13.2 Å². The largest absolute Gasteiger partial charge is 0.493 e. The van der Waals surface area contributed by atoms with E-state index in [2.05, 4.69) is 6.92 Å². The van der Waals surface area contributed by atoms with Gasteiger partial charge in [-0.05, 0) is 45.2 Å². The number of carbonyl (C=O) groups excluding carboxylic acids is 1. The summed E-state index contributed by atoms with van der Waals surface area (Å²) >= 11 is 0. The lowest BCUT2D eigenvalue weighted by Crippen LogP contribution is -2.40. The Morgan fingerprint density at radius 3 is 2.74 bits per heavy atom. The van der Waals surface area contributed by atoms with Crippen LogP contribution in [0.5, 0.6) is 5.75 Å². The second-order valence-corrected chi connectivity index (χ2v) is 6.90. The minimum Gasteiger partial charge on any atom is -0.493 e. The van der Waals surface area contributed by atoms with E-state index in [1.807, 2.05) is 20.8 Å². The molecule has 0 unspecified atom stereocenters. The predicted molar refractivity (Wildman–Crippen MR) is 87.2 cm³/mol. The Hall–Kier alpha value is -1.78. The van der Waals surface area contributed by atoms with Crippen LogP contribution >= 0.6 is 0 Å². The first-order valence-corrected chi connectivity index (χ1v) is 8.22. The smallest absolute Gasteiger partial charge is 0.410 e. The van der Waals surface area contributed by atoms with Gasteiger partial charge in [-0.25, -0.2) is 9.18 Å². The molecule has 0 saturated heterocycles. The monoisotopic (exact) mass is 323 g/mol. The first kappa shape index (κ1) is 17.6. The summed E-state index contributed by atoms with van der Waals surface area (Å²) in [4.78, 5) is 13.9. The molecule has 0 saturated carbocycles. The Kier molecular flexibility index (Phi) is 5.50. The highest BCUT2D eigenvalue weighted by Gasteiger charge is 2.27. The van der Waals surface area contributed by atoms with Crippen LogP contribution in [0.1, 0.15) is 51.7 Å². The number of nitrogens with zero attached hydrogens (tertiary/aromatic N) is 1. The van der Waals surface area contributed by atoms with Gasteiger partial charge in [-0.3, -0.25) is 0 Å². The molecule has 1 heterocycles. The number of unbranched alkanes of at least 4 members (excludes halogenated alkanes) is 1. The molecule has 0 aromatic heterocycles. The van der Waals surface area contributed by atoms with Crippen LogP contribution in [0.2, 0.25) is 0 Å². The van der Waals surface area contributed by atoms with Gasteiger partial charge in [0.25, 0.3) is 0 Å².